The van der Waals surface area contributed by atoms with E-state index in [0.29, 0.717) is 24.0 Å². The van der Waals surface area contributed by atoms with Gasteiger partial charge in [0.15, 0.2) is 11.5 Å². The monoisotopic (exact) mass is 349 g/mol. The molecular formula is C17H15N7O2. The van der Waals surface area contributed by atoms with Gasteiger partial charge in [-0.25, -0.2) is 9.67 Å². The highest BCUT2D eigenvalue weighted by atomic mass is 16.5. The summed E-state index contributed by atoms with van der Waals surface area (Å²) in [6.07, 6.45) is 1.77. The first-order valence-electron chi connectivity index (χ1n) is 8.11. The molecule has 0 aliphatic carbocycles. The molecule has 0 spiro atoms. The molecule has 0 saturated carbocycles. The zero-order valence-corrected chi connectivity index (χ0v) is 14.5. The van der Waals surface area contributed by atoms with Crippen LogP contribution in [0.4, 0.5) is 0 Å². The number of aromatic nitrogens is 7. The van der Waals surface area contributed by atoms with Gasteiger partial charge in [0.05, 0.1) is 36.4 Å². The number of fused-ring (bicyclic) bond motifs is 5. The van der Waals surface area contributed by atoms with Crippen molar-refractivity contribution in [2.45, 2.75) is 20.4 Å². The molecule has 0 bridgehead atoms. The quantitative estimate of drug-likeness (QED) is 0.482. The van der Waals surface area contributed by atoms with Gasteiger partial charge in [-0.1, -0.05) is 10.4 Å². The molecule has 5 rings (SSSR count). The Hall–Kier alpha value is -3.49. The van der Waals surface area contributed by atoms with Gasteiger partial charge in [-0.15, -0.1) is 5.10 Å². The van der Waals surface area contributed by atoms with Gasteiger partial charge in [-0.2, -0.15) is 4.98 Å². The van der Waals surface area contributed by atoms with Crippen molar-refractivity contribution in [3.8, 4) is 34.3 Å². The van der Waals surface area contributed by atoms with Crippen LogP contribution in [0.5, 0.6) is 5.75 Å². The third kappa shape index (κ3) is 2.00. The van der Waals surface area contributed by atoms with E-state index in [4.69, 9.17) is 9.26 Å². The second-order valence-corrected chi connectivity index (χ2v) is 6.12. The number of benzene rings is 1. The molecule has 1 aromatic carbocycles. The predicted octanol–water partition coefficient (Wildman–Crippen LogP) is 2.17. The summed E-state index contributed by atoms with van der Waals surface area (Å²) in [7, 11) is 1.65. The first-order valence-corrected chi connectivity index (χ1v) is 8.11. The van der Waals surface area contributed by atoms with E-state index in [1.165, 1.54) is 0 Å². The van der Waals surface area contributed by atoms with Crippen LogP contribution in [0.25, 0.3) is 28.5 Å². The number of aryl methyl sites for hydroxylation is 2. The van der Waals surface area contributed by atoms with Crippen LogP contribution in [0.1, 0.15) is 17.2 Å². The minimum atomic E-state index is 0.395. The molecule has 0 radical (unpaired) electrons. The van der Waals surface area contributed by atoms with Crippen molar-refractivity contribution in [3.63, 3.8) is 0 Å². The second kappa shape index (κ2) is 5.25. The van der Waals surface area contributed by atoms with Crippen LogP contribution in [-0.2, 0) is 6.54 Å². The highest BCUT2D eigenvalue weighted by Crippen LogP contribution is 2.37. The maximum absolute atomic E-state index is 5.41. The summed E-state index contributed by atoms with van der Waals surface area (Å²) >= 11 is 0. The lowest BCUT2D eigenvalue weighted by Gasteiger charge is -2.11. The van der Waals surface area contributed by atoms with Crippen LogP contribution in [0, 0.1) is 13.8 Å². The Balaban J connectivity index is 1.81. The molecule has 4 aromatic rings. The van der Waals surface area contributed by atoms with Crippen molar-refractivity contribution in [3.05, 3.63) is 41.7 Å². The molecule has 9 heteroatoms. The Morgan fingerprint density at radius 1 is 1.23 bits per heavy atom. The van der Waals surface area contributed by atoms with Crippen LogP contribution in [0.15, 0.2) is 29.0 Å². The van der Waals surface area contributed by atoms with E-state index in [2.05, 4.69) is 25.4 Å². The molecule has 1 aliphatic rings. The minimum Gasteiger partial charge on any atom is -0.497 e. The molecule has 0 N–H and O–H groups in total. The predicted molar refractivity (Wildman–Crippen MR) is 91.0 cm³/mol. The zero-order valence-electron chi connectivity index (χ0n) is 14.5. The smallest absolute Gasteiger partial charge is 0.278 e. The molecule has 0 atom stereocenters. The fourth-order valence-electron chi connectivity index (χ4n) is 3.33. The molecule has 3 aromatic heterocycles. The standard InChI is InChI=1S/C17H15N7O2/c1-9-16-12-6-11(25-3)4-5-13(12)23-8-18-15(17-19-10(2)21-26-17)14(23)7-24(16)22-20-9/h4-6,8H,7H2,1-3H3. The number of rotatable bonds is 2. The molecular weight excluding hydrogens is 334 g/mol. The van der Waals surface area contributed by atoms with Crippen molar-refractivity contribution in [1.82, 2.24) is 34.7 Å². The first-order chi connectivity index (χ1) is 12.7. The van der Waals surface area contributed by atoms with Crippen molar-refractivity contribution in [2.75, 3.05) is 7.11 Å². The summed E-state index contributed by atoms with van der Waals surface area (Å²) in [5.41, 5.74) is 5.32. The maximum Gasteiger partial charge on any atom is 0.278 e. The highest BCUT2D eigenvalue weighted by Gasteiger charge is 2.27. The SMILES string of the molecule is COc1ccc2c(c1)-c1c(C)nnn1Cc1c(-c3nc(C)no3)ncn1-2. The maximum atomic E-state index is 5.41. The van der Waals surface area contributed by atoms with Crippen molar-refractivity contribution in [2.24, 2.45) is 0 Å². The molecule has 0 amide bonds. The van der Waals surface area contributed by atoms with Gasteiger partial charge in [0.25, 0.3) is 5.89 Å². The molecule has 26 heavy (non-hydrogen) atoms. The Morgan fingerprint density at radius 3 is 2.88 bits per heavy atom. The number of hydrogen-bond donors (Lipinski definition) is 0. The van der Waals surface area contributed by atoms with Gasteiger partial charge in [0.2, 0.25) is 0 Å². The summed E-state index contributed by atoms with van der Waals surface area (Å²) < 4.78 is 14.6. The van der Waals surface area contributed by atoms with E-state index < -0.39 is 0 Å². The second-order valence-electron chi connectivity index (χ2n) is 6.12. The van der Waals surface area contributed by atoms with Crippen LogP contribution >= 0.6 is 0 Å². The largest absolute Gasteiger partial charge is 0.497 e. The lowest BCUT2D eigenvalue weighted by Crippen LogP contribution is -2.06. The average molecular weight is 349 g/mol. The normalized spacial score (nSPS) is 12.3. The Kier molecular flexibility index (Phi) is 2.99. The number of methoxy groups -OCH3 is 1. The number of hydrogen-bond acceptors (Lipinski definition) is 7. The fraction of sp³-hybridized carbons (Fsp3) is 0.235. The van der Waals surface area contributed by atoms with Crippen LogP contribution in [0.3, 0.4) is 0 Å². The van der Waals surface area contributed by atoms with Crippen molar-refractivity contribution < 1.29 is 9.26 Å². The summed E-state index contributed by atoms with van der Waals surface area (Å²) in [5.74, 6) is 1.73. The minimum absolute atomic E-state index is 0.395. The van der Waals surface area contributed by atoms with E-state index in [1.807, 2.05) is 34.4 Å². The van der Waals surface area contributed by atoms with Gasteiger partial charge in [-0.05, 0) is 32.0 Å². The summed E-state index contributed by atoms with van der Waals surface area (Å²) in [6.45, 7) is 4.22. The zero-order chi connectivity index (χ0) is 17.8. The number of ether oxygens (including phenoxy) is 1. The Morgan fingerprint density at radius 2 is 2.12 bits per heavy atom. The fourth-order valence-corrected chi connectivity index (χ4v) is 3.33. The summed E-state index contributed by atoms with van der Waals surface area (Å²) in [4.78, 5) is 8.84. The van der Waals surface area contributed by atoms with Gasteiger partial charge < -0.3 is 9.26 Å². The molecule has 0 saturated heterocycles. The van der Waals surface area contributed by atoms with E-state index in [-0.39, 0.29) is 0 Å². The van der Waals surface area contributed by atoms with Crippen LogP contribution in [0.2, 0.25) is 0 Å². The number of imidazole rings is 1. The molecule has 4 heterocycles. The molecule has 0 fully saturated rings. The van der Waals surface area contributed by atoms with Gasteiger partial charge in [0, 0.05) is 5.56 Å². The molecule has 1 aliphatic heterocycles. The molecule has 0 unspecified atom stereocenters. The van der Waals surface area contributed by atoms with E-state index >= 15 is 0 Å². The first kappa shape index (κ1) is 14.8. The Bertz CT molecular complexity index is 1140. The van der Waals surface area contributed by atoms with Crippen molar-refractivity contribution in [1.29, 1.82) is 0 Å². The number of nitrogens with zero attached hydrogens (tertiary/aromatic N) is 7. The lowest BCUT2D eigenvalue weighted by atomic mass is 10.1. The van der Waals surface area contributed by atoms with E-state index in [9.17, 15) is 0 Å². The van der Waals surface area contributed by atoms with Gasteiger partial charge in [-0.3, -0.25) is 4.57 Å². The third-order valence-electron chi connectivity index (χ3n) is 4.52. The molecule has 130 valence electrons. The van der Waals surface area contributed by atoms with Crippen LogP contribution < -0.4 is 4.74 Å². The average Bonchev–Trinajstić information content (AvgIpc) is 3.32. The topological polar surface area (TPSA) is 96.7 Å². The van der Waals surface area contributed by atoms with E-state index in [1.54, 1.807) is 20.4 Å². The third-order valence-corrected chi connectivity index (χ3v) is 4.52. The van der Waals surface area contributed by atoms with E-state index in [0.717, 1.165) is 34.1 Å². The molecule has 9 nitrogen and oxygen atoms in total. The van der Waals surface area contributed by atoms with Crippen LogP contribution in [-0.4, -0.2) is 41.8 Å². The van der Waals surface area contributed by atoms with Crippen molar-refractivity contribution >= 4 is 0 Å². The Labute approximate surface area is 148 Å². The van der Waals surface area contributed by atoms with Gasteiger partial charge in [0.1, 0.15) is 12.1 Å². The van der Waals surface area contributed by atoms with Gasteiger partial charge >= 0.3 is 0 Å². The lowest BCUT2D eigenvalue weighted by molar-refractivity contribution is 0.415. The highest BCUT2D eigenvalue weighted by molar-refractivity contribution is 5.75. The summed E-state index contributed by atoms with van der Waals surface area (Å²) in [6, 6.07) is 5.92. The summed E-state index contributed by atoms with van der Waals surface area (Å²) in [5, 5.41) is 12.4.